The highest BCUT2D eigenvalue weighted by Crippen LogP contribution is 2.29. The number of carbonyl (C=O) groups excluding carboxylic acids is 2. The van der Waals surface area contributed by atoms with E-state index < -0.39 is 5.91 Å². The molecule has 8 heteroatoms. The number of hydrogen-bond donors (Lipinski definition) is 2. The van der Waals surface area contributed by atoms with Crippen LogP contribution in [0.4, 0.5) is 5.69 Å². The van der Waals surface area contributed by atoms with Crippen molar-refractivity contribution in [1.82, 2.24) is 9.88 Å². The minimum absolute atomic E-state index is 0.00103. The number of ether oxygens (including phenoxy) is 2. The molecule has 0 bridgehead atoms. The average Bonchev–Trinajstić information content (AvgIpc) is 2.87. The molecule has 0 saturated carbocycles. The van der Waals surface area contributed by atoms with Gasteiger partial charge in [0, 0.05) is 19.1 Å². The van der Waals surface area contributed by atoms with Crippen LogP contribution in [0.3, 0.4) is 0 Å². The summed E-state index contributed by atoms with van der Waals surface area (Å²) < 4.78 is 11.6. The van der Waals surface area contributed by atoms with Crippen molar-refractivity contribution in [1.29, 1.82) is 0 Å². The molecule has 1 fully saturated rings. The fraction of sp³-hybridized carbons (Fsp3) is 0.222. The number of nitrogens with two attached hydrogens (primary N) is 1. The molecule has 4 rings (SSSR count). The van der Waals surface area contributed by atoms with E-state index in [0.717, 1.165) is 25.1 Å². The number of primary amides is 1. The van der Waals surface area contributed by atoms with Crippen LogP contribution in [0.5, 0.6) is 23.1 Å². The number of pyridine rings is 1. The summed E-state index contributed by atoms with van der Waals surface area (Å²) in [7, 11) is 0. The topological polar surface area (TPSA) is 107 Å². The van der Waals surface area contributed by atoms with Crippen molar-refractivity contribution in [3.63, 3.8) is 0 Å². The molecule has 2 amide bonds. The Morgan fingerprint density at radius 3 is 2.43 bits per heavy atom. The Labute approximate surface area is 204 Å². The highest BCUT2D eigenvalue weighted by Gasteiger charge is 2.23. The number of piperidine rings is 1. The van der Waals surface area contributed by atoms with Gasteiger partial charge in [-0.2, -0.15) is 0 Å². The van der Waals surface area contributed by atoms with Crippen LogP contribution in [0.15, 0.2) is 79.0 Å². The van der Waals surface area contributed by atoms with Crippen LogP contribution >= 0.6 is 0 Å². The lowest BCUT2D eigenvalue weighted by Crippen LogP contribution is -2.44. The fourth-order valence-electron chi connectivity index (χ4n) is 3.88. The van der Waals surface area contributed by atoms with Crippen molar-refractivity contribution >= 4 is 17.5 Å². The molecule has 35 heavy (non-hydrogen) atoms. The molecule has 8 nitrogen and oxygen atoms in total. The zero-order valence-electron chi connectivity index (χ0n) is 19.5. The number of benzene rings is 2. The summed E-state index contributed by atoms with van der Waals surface area (Å²) in [6.07, 6.45) is 6.71. The molecule has 180 valence electrons. The van der Waals surface area contributed by atoms with Gasteiger partial charge in [0.05, 0.1) is 11.9 Å². The molecule has 2 heterocycles. The second-order valence-corrected chi connectivity index (χ2v) is 8.20. The molecule has 1 saturated heterocycles. The second kappa shape index (κ2) is 11.2. The van der Waals surface area contributed by atoms with E-state index in [1.54, 1.807) is 48.7 Å². The van der Waals surface area contributed by atoms with Crippen LogP contribution in [0, 0.1) is 0 Å². The van der Waals surface area contributed by atoms with E-state index in [4.69, 9.17) is 15.2 Å². The molecule has 1 unspecified atom stereocenters. The fourth-order valence-corrected chi connectivity index (χ4v) is 3.88. The van der Waals surface area contributed by atoms with Crippen LogP contribution in [-0.4, -0.2) is 40.8 Å². The molecule has 3 N–H and O–H groups in total. The summed E-state index contributed by atoms with van der Waals surface area (Å²) in [5.74, 6) is 1.35. The van der Waals surface area contributed by atoms with Crippen molar-refractivity contribution in [2.24, 2.45) is 5.73 Å². The average molecular weight is 473 g/mol. The zero-order valence-corrected chi connectivity index (χ0v) is 19.5. The first-order chi connectivity index (χ1) is 17.0. The number of carbonyl (C=O) groups is 2. The number of allylic oxidation sites excluding steroid dienone is 1. The number of para-hydroxylation sites is 1. The molecule has 1 aromatic heterocycles. The van der Waals surface area contributed by atoms with Crippen molar-refractivity contribution in [3.05, 3.63) is 84.6 Å². The Morgan fingerprint density at radius 1 is 1.06 bits per heavy atom. The van der Waals surface area contributed by atoms with E-state index in [0.29, 0.717) is 23.7 Å². The summed E-state index contributed by atoms with van der Waals surface area (Å²) >= 11 is 0. The Hall–Kier alpha value is -4.33. The van der Waals surface area contributed by atoms with Gasteiger partial charge in [-0.15, -0.1) is 0 Å². The van der Waals surface area contributed by atoms with E-state index in [1.807, 2.05) is 42.2 Å². The second-order valence-electron chi connectivity index (χ2n) is 8.20. The number of nitrogens with one attached hydrogen (secondary N) is 1. The van der Waals surface area contributed by atoms with Crippen LogP contribution < -0.4 is 20.5 Å². The lowest BCUT2D eigenvalue weighted by molar-refractivity contribution is -0.127. The SMILES string of the molecule is CC=CC(=O)N1CCCC(Nc2cnc(Oc3ccc(Oc4ccccc4)cc3)c(C(N)=O)c2)C1. The van der Waals surface area contributed by atoms with Gasteiger partial charge in [0.25, 0.3) is 5.91 Å². The summed E-state index contributed by atoms with van der Waals surface area (Å²) in [5.41, 5.74) is 6.41. The smallest absolute Gasteiger partial charge is 0.254 e. The maximum absolute atomic E-state index is 12.2. The summed E-state index contributed by atoms with van der Waals surface area (Å²) in [6.45, 7) is 3.13. The molecule has 1 aliphatic heterocycles. The maximum Gasteiger partial charge on any atom is 0.254 e. The standard InChI is InChI=1S/C27H28N4O4/c1-2-7-25(32)31-15-6-8-19(18-31)30-20-16-24(26(28)33)27(29-17-20)35-23-13-11-22(12-14-23)34-21-9-4-3-5-10-21/h2-5,7,9-14,16-17,19,30H,6,8,15,18H2,1H3,(H2,28,33). The third-order valence-electron chi connectivity index (χ3n) is 5.55. The van der Waals surface area contributed by atoms with Gasteiger partial charge in [-0.3, -0.25) is 9.59 Å². The maximum atomic E-state index is 12.2. The van der Waals surface area contributed by atoms with Crippen LogP contribution in [0.25, 0.3) is 0 Å². The van der Waals surface area contributed by atoms with Gasteiger partial charge in [-0.05, 0) is 68.3 Å². The third kappa shape index (κ3) is 6.38. The number of likely N-dealkylation sites (tertiary alicyclic amines) is 1. The molecule has 0 spiro atoms. The van der Waals surface area contributed by atoms with Crippen molar-refractivity contribution in [2.75, 3.05) is 18.4 Å². The number of rotatable bonds is 8. The molecule has 1 atom stereocenters. The first-order valence-electron chi connectivity index (χ1n) is 11.5. The number of amides is 2. The van der Waals surface area contributed by atoms with E-state index in [2.05, 4.69) is 10.3 Å². The van der Waals surface area contributed by atoms with Gasteiger partial charge in [-0.25, -0.2) is 4.98 Å². The first kappa shape index (κ1) is 23.8. The van der Waals surface area contributed by atoms with Gasteiger partial charge in [0.1, 0.15) is 22.8 Å². The summed E-state index contributed by atoms with van der Waals surface area (Å²) in [5, 5.41) is 3.36. The van der Waals surface area contributed by atoms with Gasteiger partial charge in [0.15, 0.2) is 0 Å². The lowest BCUT2D eigenvalue weighted by atomic mass is 10.0. The third-order valence-corrected chi connectivity index (χ3v) is 5.55. The van der Waals surface area contributed by atoms with E-state index in [1.165, 1.54) is 0 Å². The Morgan fingerprint density at radius 2 is 1.74 bits per heavy atom. The minimum atomic E-state index is -0.645. The van der Waals surface area contributed by atoms with Gasteiger partial charge in [0.2, 0.25) is 11.8 Å². The molecule has 0 aliphatic carbocycles. The summed E-state index contributed by atoms with van der Waals surface area (Å²) in [6, 6.07) is 18.1. The highest BCUT2D eigenvalue weighted by molar-refractivity contribution is 5.96. The van der Waals surface area contributed by atoms with Crippen LogP contribution in [0.2, 0.25) is 0 Å². The lowest BCUT2D eigenvalue weighted by Gasteiger charge is -2.33. The molecular formula is C27H28N4O4. The highest BCUT2D eigenvalue weighted by atomic mass is 16.5. The zero-order chi connectivity index (χ0) is 24.6. The van der Waals surface area contributed by atoms with Crippen molar-refractivity contribution < 1.29 is 19.1 Å². The molecule has 1 aliphatic rings. The quantitative estimate of drug-likeness (QED) is 0.459. The predicted molar refractivity (Wildman–Crippen MR) is 134 cm³/mol. The molecule has 3 aromatic rings. The van der Waals surface area contributed by atoms with Crippen molar-refractivity contribution in [3.8, 4) is 23.1 Å². The Balaban J connectivity index is 1.43. The Kier molecular flexibility index (Phi) is 7.62. The van der Waals surface area contributed by atoms with Gasteiger partial charge < -0.3 is 25.4 Å². The number of hydrogen-bond acceptors (Lipinski definition) is 6. The molecular weight excluding hydrogens is 444 g/mol. The normalized spacial score (nSPS) is 15.6. The predicted octanol–water partition coefficient (Wildman–Crippen LogP) is 4.74. The summed E-state index contributed by atoms with van der Waals surface area (Å²) in [4.78, 5) is 30.4. The minimum Gasteiger partial charge on any atom is -0.457 e. The van der Waals surface area contributed by atoms with Gasteiger partial charge >= 0.3 is 0 Å². The Bertz CT molecular complexity index is 1200. The first-order valence-corrected chi connectivity index (χ1v) is 11.5. The van der Waals surface area contributed by atoms with Crippen LogP contribution in [-0.2, 0) is 4.79 Å². The van der Waals surface area contributed by atoms with E-state index >= 15 is 0 Å². The largest absolute Gasteiger partial charge is 0.457 e. The monoisotopic (exact) mass is 472 g/mol. The molecule has 2 aromatic carbocycles. The van der Waals surface area contributed by atoms with E-state index in [9.17, 15) is 9.59 Å². The number of nitrogens with zero attached hydrogens (tertiary/aromatic N) is 2. The molecule has 0 radical (unpaired) electrons. The van der Waals surface area contributed by atoms with E-state index in [-0.39, 0.29) is 23.4 Å². The number of anilines is 1. The van der Waals surface area contributed by atoms with Crippen LogP contribution in [0.1, 0.15) is 30.1 Å². The van der Waals surface area contributed by atoms with Crippen molar-refractivity contribution in [2.45, 2.75) is 25.8 Å². The van der Waals surface area contributed by atoms with Gasteiger partial charge in [-0.1, -0.05) is 24.3 Å². The number of aromatic nitrogens is 1.